The van der Waals surface area contributed by atoms with Crippen molar-refractivity contribution in [1.82, 2.24) is 5.32 Å². The van der Waals surface area contributed by atoms with E-state index in [-0.39, 0.29) is 29.0 Å². The molecule has 0 amide bonds. The number of rotatable bonds is 2. The summed E-state index contributed by atoms with van der Waals surface area (Å²) in [5, 5.41) is 3.25. The number of fused-ring (bicyclic) bond motifs is 2. The number of allylic oxidation sites excluding steroid dienone is 1. The van der Waals surface area contributed by atoms with E-state index in [0.717, 1.165) is 5.70 Å². The molecule has 1 fully saturated rings. The molecule has 0 unspecified atom stereocenters. The van der Waals surface area contributed by atoms with Crippen LogP contribution in [0.4, 0.5) is 0 Å². The molecule has 1 saturated heterocycles. The zero-order valence-electron chi connectivity index (χ0n) is 11.8. The first-order valence-corrected chi connectivity index (χ1v) is 7.06. The molecule has 4 atom stereocenters. The number of methoxy groups -OCH3 is 2. The molecule has 2 aliphatic rings. The van der Waals surface area contributed by atoms with Crippen LogP contribution in [0.5, 0.6) is 0 Å². The molecule has 0 spiro atoms. The Labute approximate surface area is 117 Å². The summed E-state index contributed by atoms with van der Waals surface area (Å²) in [5.41, 5.74) is 1.42. The fourth-order valence-electron chi connectivity index (χ4n) is 3.15. The maximum atomic E-state index is 12.0. The van der Waals surface area contributed by atoms with Crippen LogP contribution in [0, 0.1) is 11.8 Å². The molecular weight excluding hydrogens is 266 g/mol. The van der Waals surface area contributed by atoms with E-state index in [4.69, 9.17) is 9.47 Å². The predicted octanol–water partition coefficient (Wildman–Crippen LogP) is 1.29. The van der Waals surface area contributed by atoms with Crippen LogP contribution in [0.15, 0.2) is 11.3 Å². The fourth-order valence-corrected chi connectivity index (χ4v) is 5.11. The van der Waals surface area contributed by atoms with Gasteiger partial charge in [-0.15, -0.1) is 11.8 Å². The minimum Gasteiger partial charge on any atom is -0.469 e. The molecule has 19 heavy (non-hydrogen) atoms. The minimum atomic E-state index is -0.432. The topological polar surface area (TPSA) is 64.6 Å². The first-order valence-electron chi connectivity index (χ1n) is 6.18. The molecule has 0 aliphatic carbocycles. The zero-order chi connectivity index (χ0) is 14.4. The predicted molar refractivity (Wildman–Crippen MR) is 72.3 cm³/mol. The van der Waals surface area contributed by atoms with Crippen molar-refractivity contribution < 1.29 is 19.1 Å². The van der Waals surface area contributed by atoms with E-state index in [1.54, 1.807) is 11.8 Å². The Morgan fingerprint density at radius 2 is 1.95 bits per heavy atom. The molecule has 1 N–H and O–H groups in total. The maximum Gasteiger partial charge on any atom is 0.336 e. The molecule has 0 radical (unpaired) electrons. The van der Waals surface area contributed by atoms with Crippen molar-refractivity contribution in [2.45, 2.75) is 30.9 Å². The van der Waals surface area contributed by atoms with Crippen molar-refractivity contribution >= 4 is 23.7 Å². The van der Waals surface area contributed by atoms with E-state index in [9.17, 15) is 9.59 Å². The van der Waals surface area contributed by atoms with Crippen LogP contribution in [0.2, 0.25) is 0 Å². The Bertz CT molecular complexity index is 462. The number of thioether (sulfide) groups is 1. The van der Waals surface area contributed by atoms with Crippen LogP contribution in [-0.4, -0.2) is 36.3 Å². The summed E-state index contributed by atoms with van der Waals surface area (Å²) in [6, 6.07) is 0. The second-order valence-electron chi connectivity index (χ2n) is 5.16. The molecule has 106 valence electrons. The summed E-state index contributed by atoms with van der Waals surface area (Å²) in [5.74, 6) is -0.843. The second kappa shape index (κ2) is 4.74. The van der Waals surface area contributed by atoms with E-state index in [1.807, 2.05) is 20.8 Å². The molecule has 0 saturated carbocycles. The van der Waals surface area contributed by atoms with Crippen molar-refractivity contribution in [3.8, 4) is 0 Å². The lowest BCUT2D eigenvalue weighted by Crippen LogP contribution is -2.47. The molecule has 5 nitrogen and oxygen atoms in total. The first-order chi connectivity index (χ1) is 8.85. The van der Waals surface area contributed by atoms with Crippen LogP contribution < -0.4 is 5.32 Å². The van der Waals surface area contributed by atoms with Crippen molar-refractivity contribution in [3.05, 3.63) is 11.3 Å². The number of carbonyl (C=O) groups excluding carboxylic acids is 2. The Morgan fingerprint density at radius 1 is 1.32 bits per heavy atom. The second-order valence-corrected chi connectivity index (χ2v) is 6.75. The molecular formula is C13H19NO4S. The summed E-state index contributed by atoms with van der Waals surface area (Å²) >= 11 is 1.60. The van der Waals surface area contributed by atoms with Crippen molar-refractivity contribution in [2.24, 2.45) is 11.8 Å². The number of hydrogen-bond donors (Lipinski definition) is 1. The van der Waals surface area contributed by atoms with E-state index in [0.29, 0.717) is 5.57 Å². The highest BCUT2D eigenvalue weighted by Crippen LogP contribution is 2.55. The van der Waals surface area contributed by atoms with E-state index in [2.05, 4.69) is 5.32 Å². The van der Waals surface area contributed by atoms with Gasteiger partial charge < -0.3 is 14.8 Å². The van der Waals surface area contributed by atoms with Gasteiger partial charge in [0.15, 0.2) is 0 Å². The van der Waals surface area contributed by atoms with Gasteiger partial charge in [-0.2, -0.15) is 0 Å². The van der Waals surface area contributed by atoms with Crippen LogP contribution >= 0.6 is 11.8 Å². The summed E-state index contributed by atoms with van der Waals surface area (Å²) in [4.78, 5) is 23.5. The third-order valence-corrected chi connectivity index (χ3v) is 5.72. The maximum absolute atomic E-state index is 12.0. The van der Waals surface area contributed by atoms with Gasteiger partial charge in [-0.25, -0.2) is 4.79 Å². The summed E-state index contributed by atoms with van der Waals surface area (Å²) in [7, 11) is 2.77. The number of nitrogens with one attached hydrogen (secondary N) is 1. The number of carbonyl (C=O) groups is 2. The van der Waals surface area contributed by atoms with E-state index < -0.39 is 4.87 Å². The molecule has 2 aliphatic heterocycles. The standard InChI is InChI=1S/C13H19NO4S/c1-6-9(12(16)18-5)13(3)14-7(2)8(10(6)19-13)11(15)17-4/h6,9-10,14H,1-5H3/t6-,9-,10+,13-/m0/s1. The van der Waals surface area contributed by atoms with E-state index >= 15 is 0 Å². The van der Waals surface area contributed by atoms with Gasteiger partial charge in [0.25, 0.3) is 0 Å². The van der Waals surface area contributed by atoms with Crippen LogP contribution in [-0.2, 0) is 19.1 Å². The number of esters is 2. The van der Waals surface area contributed by atoms with Gasteiger partial charge in [0.1, 0.15) is 0 Å². The molecule has 0 aromatic heterocycles. The summed E-state index contributed by atoms with van der Waals surface area (Å²) < 4.78 is 9.76. The van der Waals surface area contributed by atoms with Gasteiger partial charge in [-0.05, 0) is 19.8 Å². The molecule has 0 aromatic carbocycles. The lowest BCUT2D eigenvalue weighted by molar-refractivity contribution is -0.148. The monoisotopic (exact) mass is 285 g/mol. The molecule has 2 heterocycles. The highest BCUT2D eigenvalue weighted by molar-refractivity contribution is 8.01. The molecule has 2 rings (SSSR count). The quantitative estimate of drug-likeness (QED) is 0.771. The van der Waals surface area contributed by atoms with Gasteiger partial charge in [0.05, 0.1) is 30.6 Å². The average molecular weight is 285 g/mol. The van der Waals surface area contributed by atoms with Crippen LogP contribution in [0.3, 0.4) is 0 Å². The Balaban J connectivity index is 2.42. The van der Waals surface area contributed by atoms with Crippen molar-refractivity contribution in [2.75, 3.05) is 14.2 Å². The van der Waals surface area contributed by atoms with Gasteiger partial charge >= 0.3 is 11.9 Å². The van der Waals surface area contributed by atoms with Crippen molar-refractivity contribution in [1.29, 1.82) is 0 Å². The highest BCUT2D eigenvalue weighted by Gasteiger charge is 2.58. The zero-order valence-corrected chi connectivity index (χ0v) is 12.6. The molecule has 0 aromatic rings. The molecule has 2 bridgehead atoms. The van der Waals surface area contributed by atoms with Crippen LogP contribution in [0.25, 0.3) is 0 Å². The number of ether oxygens (including phenoxy) is 2. The lowest BCUT2D eigenvalue weighted by atomic mass is 9.85. The van der Waals surface area contributed by atoms with Gasteiger partial charge in [-0.1, -0.05) is 6.92 Å². The lowest BCUT2D eigenvalue weighted by Gasteiger charge is -2.35. The van der Waals surface area contributed by atoms with Gasteiger partial charge in [-0.3, -0.25) is 4.79 Å². The summed E-state index contributed by atoms with van der Waals surface area (Å²) in [6.45, 7) is 5.81. The fraction of sp³-hybridized carbons (Fsp3) is 0.692. The van der Waals surface area contributed by atoms with Crippen molar-refractivity contribution in [3.63, 3.8) is 0 Å². The van der Waals surface area contributed by atoms with Gasteiger partial charge in [0.2, 0.25) is 0 Å². The number of hydrogen-bond acceptors (Lipinski definition) is 6. The Morgan fingerprint density at radius 3 is 2.47 bits per heavy atom. The first kappa shape index (κ1) is 14.2. The largest absolute Gasteiger partial charge is 0.469 e. The highest BCUT2D eigenvalue weighted by atomic mass is 32.2. The van der Waals surface area contributed by atoms with Gasteiger partial charge in [0, 0.05) is 10.9 Å². The van der Waals surface area contributed by atoms with E-state index in [1.165, 1.54) is 14.2 Å². The third-order valence-electron chi connectivity index (χ3n) is 3.95. The Hall–Kier alpha value is -1.17. The van der Waals surface area contributed by atoms with Crippen LogP contribution in [0.1, 0.15) is 20.8 Å². The SMILES string of the molecule is COC(=O)C1=C(C)N[C@@]2(C)S[C@@H]1[C@@H](C)[C@H]2C(=O)OC. The summed E-state index contributed by atoms with van der Waals surface area (Å²) in [6.07, 6.45) is 0. The average Bonchev–Trinajstić information content (AvgIpc) is 2.56. The normalized spacial score (nSPS) is 36.8. The minimum absolute atomic E-state index is 0.0153. The smallest absolute Gasteiger partial charge is 0.336 e. The third kappa shape index (κ3) is 2.02. The Kier molecular flexibility index (Phi) is 3.55. The molecule has 6 heteroatoms.